The monoisotopic (exact) mass is 340 g/mol. The Kier molecular flexibility index (Phi) is 4.65. The first-order valence-electron chi connectivity index (χ1n) is 7.11. The van der Waals surface area contributed by atoms with Crippen LogP contribution in [0.15, 0.2) is 21.9 Å². The van der Waals surface area contributed by atoms with Gasteiger partial charge in [-0.05, 0) is 0 Å². The van der Waals surface area contributed by atoms with Crippen molar-refractivity contribution < 1.29 is 20.1 Å². The summed E-state index contributed by atoms with van der Waals surface area (Å²) in [7, 11) is -1.85. The van der Waals surface area contributed by atoms with Crippen LogP contribution in [0, 0.1) is 11.5 Å². The molecule has 0 aliphatic carbocycles. The van der Waals surface area contributed by atoms with Crippen molar-refractivity contribution in [2.75, 3.05) is 6.61 Å². The van der Waals surface area contributed by atoms with Crippen LogP contribution in [0.1, 0.15) is 6.23 Å². The van der Waals surface area contributed by atoms with Gasteiger partial charge in [-0.2, -0.15) is 0 Å². The van der Waals surface area contributed by atoms with Gasteiger partial charge in [0.15, 0.2) is 11.8 Å². The van der Waals surface area contributed by atoms with Gasteiger partial charge >= 0.3 is 5.69 Å². The van der Waals surface area contributed by atoms with Crippen molar-refractivity contribution in [2.24, 2.45) is 0 Å². The lowest BCUT2D eigenvalue weighted by Gasteiger charge is -2.25. The number of rotatable bonds is 2. The van der Waals surface area contributed by atoms with Crippen LogP contribution in [0.2, 0.25) is 19.6 Å². The average Bonchev–Trinajstić information content (AvgIpc) is 2.69. The van der Waals surface area contributed by atoms with Gasteiger partial charge in [-0.1, -0.05) is 25.6 Å². The maximum absolute atomic E-state index is 11.8. The second kappa shape index (κ2) is 6.07. The molecule has 4 N–H and O–H groups in total. The molecule has 0 saturated carbocycles. The van der Waals surface area contributed by atoms with Crippen LogP contribution >= 0.6 is 0 Å². The molecule has 0 amide bonds. The van der Waals surface area contributed by atoms with E-state index in [1.807, 2.05) is 24.6 Å². The molecule has 0 aromatic carbocycles. The Hall–Kier alpha value is -1.70. The first-order valence-corrected chi connectivity index (χ1v) is 10.6. The molecule has 1 fully saturated rings. The van der Waals surface area contributed by atoms with Crippen molar-refractivity contribution in [2.45, 2.75) is 43.7 Å². The minimum atomic E-state index is -2.00. The largest absolute Gasteiger partial charge is 0.394 e. The number of nitrogens with one attached hydrogen (secondary N) is 1. The van der Waals surface area contributed by atoms with Crippen molar-refractivity contribution in [3.05, 3.63) is 33.1 Å². The van der Waals surface area contributed by atoms with Gasteiger partial charge in [0.1, 0.15) is 20.3 Å². The number of aromatic nitrogens is 2. The van der Waals surface area contributed by atoms with Gasteiger partial charge in [0, 0.05) is 12.3 Å². The van der Waals surface area contributed by atoms with Crippen molar-refractivity contribution in [3.63, 3.8) is 0 Å². The maximum atomic E-state index is 11.8. The van der Waals surface area contributed by atoms with Crippen LogP contribution < -0.4 is 11.2 Å². The summed E-state index contributed by atoms with van der Waals surface area (Å²) in [5.41, 5.74) is -0.450. The number of aliphatic hydroxyl groups is 3. The van der Waals surface area contributed by atoms with Gasteiger partial charge in [-0.25, -0.2) is 4.79 Å². The molecule has 8 nitrogen and oxygen atoms in total. The van der Waals surface area contributed by atoms with Crippen molar-refractivity contribution in [1.29, 1.82) is 0 Å². The van der Waals surface area contributed by atoms with E-state index in [-0.39, 0.29) is 0 Å². The van der Waals surface area contributed by atoms with Crippen LogP contribution in [0.4, 0.5) is 0 Å². The van der Waals surface area contributed by atoms with Crippen LogP contribution in [0.5, 0.6) is 0 Å². The van der Waals surface area contributed by atoms with E-state index in [2.05, 4.69) is 11.5 Å². The predicted octanol–water partition coefficient (Wildman–Crippen LogP) is -1.60. The third-order valence-electron chi connectivity index (χ3n) is 3.44. The summed E-state index contributed by atoms with van der Waals surface area (Å²) < 4.78 is 6.36. The fourth-order valence-corrected chi connectivity index (χ4v) is 2.80. The molecule has 0 unspecified atom stereocenters. The fourth-order valence-electron chi connectivity index (χ4n) is 2.22. The predicted molar refractivity (Wildman–Crippen MR) is 84.4 cm³/mol. The zero-order valence-corrected chi connectivity index (χ0v) is 14.1. The highest BCUT2D eigenvalue weighted by molar-refractivity contribution is 6.83. The smallest absolute Gasteiger partial charge is 0.330 e. The van der Waals surface area contributed by atoms with E-state index in [1.165, 1.54) is 0 Å². The van der Waals surface area contributed by atoms with Gasteiger partial charge in [-0.15, -0.1) is 5.54 Å². The Balaban J connectivity index is 2.45. The summed E-state index contributed by atoms with van der Waals surface area (Å²) in [4.78, 5) is 25.0. The minimum Gasteiger partial charge on any atom is -0.394 e. The highest BCUT2D eigenvalue weighted by Gasteiger charge is 2.55. The molecule has 1 aliphatic heterocycles. The zero-order valence-electron chi connectivity index (χ0n) is 13.1. The SMILES string of the molecule is C[Si](C)(C)C#C[C@@]1(O)[C@@H](CO)O[C@@H](n2ccc(=O)[nH]c2=O)[C@@H]1O. The lowest BCUT2D eigenvalue weighted by molar-refractivity contribution is -0.0624. The van der Waals surface area contributed by atoms with Crippen LogP contribution in [-0.2, 0) is 4.74 Å². The molecule has 9 heteroatoms. The van der Waals surface area contributed by atoms with Gasteiger partial charge in [0.2, 0.25) is 0 Å². The summed E-state index contributed by atoms with van der Waals surface area (Å²) in [6.45, 7) is 5.30. The lowest BCUT2D eigenvalue weighted by atomic mass is 9.93. The van der Waals surface area contributed by atoms with Crippen LogP contribution in [0.3, 0.4) is 0 Å². The van der Waals surface area contributed by atoms with Crippen molar-refractivity contribution in [1.82, 2.24) is 9.55 Å². The number of aliphatic hydroxyl groups excluding tert-OH is 2. The molecular formula is C14H20N2O6Si. The third-order valence-corrected chi connectivity index (χ3v) is 4.32. The summed E-state index contributed by atoms with van der Waals surface area (Å²) in [5.74, 6) is 2.62. The van der Waals surface area contributed by atoms with Gasteiger partial charge in [0.25, 0.3) is 5.56 Å². The molecule has 0 radical (unpaired) electrons. The van der Waals surface area contributed by atoms with E-state index in [0.29, 0.717) is 0 Å². The molecule has 1 aromatic heterocycles. The third kappa shape index (κ3) is 3.46. The first-order chi connectivity index (χ1) is 10.6. The lowest BCUT2D eigenvalue weighted by Crippen LogP contribution is -2.49. The molecule has 2 heterocycles. The number of aromatic amines is 1. The van der Waals surface area contributed by atoms with E-state index in [9.17, 15) is 24.9 Å². The minimum absolute atomic E-state index is 0.581. The Morgan fingerprint density at radius 2 is 2.09 bits per heavy atom. The standard InChI is InChI=1S/C14H20N2O6Si/c1-23(2,3)7-5-14(21)9(8-17)22-12(11(14)19)16-6-4-10(18)15-13(16)20/h4,6,9,11-12,17,19,21H,8H2,1-3H3,(H,15,18,20)/t9-,11+,12-,14-/m1/s1. The van der Waals surface area contributed by atoms with E-state index in [4.69, 9.17) is 4.74 Å². The topological polar surface area (TPSA) is 125 Å². The molecule has 1 aromatic rings. The zero-order chi connectivity index (χ0) is 17.4. The Morgan fingerprint density at radius 1 is 1.43 bits per heavy atom. The summed E-state index contributed by atoms with van der Waals surface area (Å²) in [5, 5.41) is 30.5. The summed E-state index contributed by atoms with van der Waals surface area (Å²) >= 11 is 0. The molecule has 126 valence electrons. The Morgan fingerprint density at radius 3 is 2.61 bits per heavy atom. The average molecular weight is 340 g/mol. The Labute approximate surface area is 133 Å². The number of hydrogen-bond donors (Lipinski definition) is 4. The van der Waals surface area contributed by atoms with E-state index < -0.39 is 50.0 Å². The molecule has 0 spiro atoms. The van der Waals surface area contributed by atoms with E-state index >= 15 is 0 Å². The number of hydrogen-bond acceptors (Lipinski definition) is 6. The molecular weight excluding hydrogens is 320 g/mol. The first kappa shape index (κ1) is 17.6. The molecule has 4 atom stereocenters. The van der Waals surface area contributed by atoms with Crippen molar-refractivity contribution >= 4 is 8.07 Å². The molecule has 0 bridgehead atoms. The summed E-state index contributed by atoms with van der Waals surface area (Å²) in [6, 6.07) is 1.09. The fraction of sp³-hybridized carbons (Fsp3) is 0.571. The molecule has 1 saturated heterocycles. The second-order valence-corrected chi connectivity index (χ2v) is 11.2. The highest BCUT2D eigenvalue weighted by Crippen LogP contribution is 2.36. The normalized spacial score (nSPS) is 30.8. The molecule has 23 heavy (non-hydrogen) atoms. The second-order valence-electron chi connectivity index (χ2n) is 6.49. The van der Waals surface area contributed by atoms with Crippen LogP contribution in [0.25, 0.3) is 0 Å². The van der Waals surface area contributed by atoms with Gasteiger partial charge in [-0.3, -0.25) is 14.3 Å². The van der Waals surface area contributed by atoms with E-state index in [0.717, 1.165) is 16.8 Å². The van der Waals surface area contributed by atoms with Crippen LogP contribution in [-0.4, -0.2) is 57.4 Å². The van der Waals surface area contributed by atoms with Gasteiger partial charge in [0.05, 0.1) is 6.61 Å². The molecule has 2 rings (SSSR count). The van der Waals surface area contributed by atoms with Gasteiger partial charge < -0.3 is 20.1 Å². The quantitative estimate of drug-likeness (QED) is 0.380. The molecule has 1 aliphatic rings. The maximum Gasteiger partial charge on any atom is 0.330 e. The number of H-pyrrole nitrogens is 1. The highest BCUT2D eigenvalue weighted by atomic mass is 28.3. The Bertz CT molecular complexity index is 755. The number of ether oxygens (including phenoxy) is 1. The van der Waals surface area contributed by atoms with Crippen molar-refractivity contribution in [3.8, 4) is 11.5 Å². The summed E-state index contributed by atoms with van der Waals surface area (Å²) in [6.07, 6.45) is -2.85. The number of nitrogens with zero attached hydrogens (tertiary/aromatic N) is 1. The van der Waals surface area contributed by atoms with E-state index in [1.54, 1.807) is 0 Å².